The predicted molar refractivity (Wildman–Crippen MR) is 117 cm³/mol. The van der Waals surface area contributed by atoms with Gasteiger partial charge in [0.1, 0.15) is 17.5 Å². The molecular weight excluding hydrogens is 360 g/mol. The molecule has 0 spiro atoms. The summed E-state index contributed by atoms with van der Waals surface area (Å²) in [5.41, 5.74) is 3.45. The number of hydrogen-bond donors (Lipinski definition) is 0. The van der Waals surface area contributed by atoms with Gasteiger partial charge in [0, 0.05) is 29.7 Å². The first-order chi connectivity index (χ1) is 13.6. The highest BCUT2D eigenvalue weighted by atomic mass is 16.2. The van der Waals surface area contributed by atoms with E-state index in [9.17, 15) is 14.4 Å². The second kappa shape index (κ2) is 9.53. The van der Waals surface area contributed by atoms with Gasteiger partial charge in [0.2, 0.25) is 0 Å². The highest BCUT2D eigenvalue weighted by Gasteiger charge is 2.42. The van der Waals surface area contributed by atoms with Crippen molar-refractivity contribution in [2.75, 3.05) is 0 Å². The largest absolute Gasteiger partial charge is 0.299 e. The van der Waals surface area contributed by atoms with Gasteiger partial charge < -0.3 is 0 Å². The maximum absolute atomic E-state index is 13.0. The molecule has 0 aromatic heterocycles. The zero-order chi connectivity index (χ0) is 21.8. The van der Waals surface area contributed by atoms with E-state index < -0.39 is 5.92 Å². The number of unbranched alkanes of at least 4 members (excludes halogenated alkanes) is 2. The maximum atomic E-state index is 13.0. The van der Waals surface area contributed by atoms with E-state index in [4.69, 9.17) is 0 Å². The quantitative estimate of drug-likeness (QED) is 0.349. The zero-order valence-electron chi connectivity index (χ0n) is 18.8. The molecule has 1 fully saturated rings. The standard InChI is InChI=1S/C26H34O3/c1-7-11-19-14-17(2)23(18(3)15-19)24-21(27)16-20(25(24)29)12-9-8-10-13-22(28)26(4,5)6/h14-15,20,24H,8-10,12-13,16H2,1-6H3. The molecule has 0 aliphatic heterocycles. The third-order valence-electron chi connectivity index (χ3n) is 5.90. The highest BCUT2D eigenvalue weighted by molar-refractivity contribution is 6.15. The van der Waals surface area contributed by atoms with Gasteiger partial charge in [0.15, 0.2) is 5.78 Å². The zero-order valence-corrected chi connectivity index (χ0v) is 18.8. The van der Waals surface area contributed by atoms with Crippen LogP contribution in [0.2, 0.25) is 0 Å². The number of aryl methyl sites for hydroxylation is 2. The summed E-state index contributed by atoms with van der Waals surface area (Å²) in [6.45, 7) is 11.6. The van der Waals surface area contributed by atoms with Crippen molar-refractivity contribution in [3.05, 3.63) is 34.4 Å². The summed E-state index contributed by atoms with van der Waals surface area (Å²) in [7, 11) is 0. The molecule has 1 aliphatic carbocycles. The molecule has 0 radical (unpaired) electrons. The van der Waals surface area contributed by atoms with Gasteiger partial charge in [-0.1, -0.05) is 39.5 Å². The summed E-state index contributed by atoms with van der Waals surface area (Å²) in [6, 6.07) is 3.94. The van der Waals surface area contributed by atoms with Gasteiger partial charge in [-0.05, 0) is 62.4 Å². The van der Waals surface area contributed by atoms with Gasteiger partial charge in [-0.2, -0.15) is 0 Å². The van der Waals surface area contributed by atoms with Crippen LogP contribution in [0.25, 0.3) is 0 Å². The fourth-order valence-electron chi connectivity index (χ4n) is 4.28. The Morgan fingerprint density at radius 2 is 1.69 bits per heavy atom. The van der Waals surface area contributed by atoms with Crippen molar-refractivity contribution in [3.63, 3.8) is 0 Å². The smallest absolute Gasteiger partial charge is 0.151 e. The average Bonchev–Trinajstić information content (AvgIpc) is 2.88. The van der Waals surface area contributed by atoms with E-state index in [1.54, 1.807) is 6.92 Å². The SMILES string of the molecule is CC#Cc1cc(C)c(C2C(=O)CC(CCCCCC(=O)C(C)(C)C)C2=O)c(C)c1. The van der Waals surface area contributed by atoms with Crippen molar-refractivity contribution in [3.8, 4) is 11.8 Å². The van der Waals surface area contributed by atoms with Crippen LogP contribution < -0.4 is 0 Å². The monoisotopic (exact) mass is 394 g/mol. The Morgan fingerprint density at radius 1 is 1.07 bits per heavy atom. The molecule has 1 aromatic rings. The Bertz CT molecular complexity index is 835. The fraction of sp³-hybridized carbons (Fsp3) is 0.577. The lowest BCUT2D eigenvalue weighted by Crippen LogP contribution is -2.19. The minimum absolute atomic E-state index is 0.0448. The summed E-state index contributed by atoms with van der Waals surface area (Å²) >= 11 is 0. The minimum atomic E-state index is -0.619. The van der Waals surface area contributed by atoms with Crippen LogP contribution in [-0.2, 0) is 14.4 Å². The number of ketones is 3. The van der Waals surface area contributed by atoms with Crippen LogP contribution in [0, 0.1) is 37.0 Å². The molecule has 3 heteroatoms. The second-order valence-corrected chi connectivity index (χ2v) is 9.37. The third-order valence-corrected chi connectivity index (χ3v) is 5.90. The van der Waals surface area contributed by atoms with Gasteiger partial charge in [0.05, 0.1) is 0 Å². The molecule has 3 nitrogen and oxygen atoms in total. The summed E-state index contributed by atoms with van der Waals surface area (Å²) in [5.74, 6) is 5.55. The second-order valence-electron chi connectivity index (χ2n) is 9.37. The normalized spacial score (nSPS) is 19.2. The number of carbonyl (C=O) groups excluding carboxylic acids is 3. The van der Waals surface area contributed by atoms with Crippen molar-refractivity contribution < 1.29 is 14.4 Å². The Morgan fingerprint density at radius 3 is 2.24 bits per heavy atom. The molecular formula is C26H34O3. The van der Waals surface area contributed by atoms with Crippen LogP contribution in [0.1, 0.15) is 94.4 Å². The van der Waals surface area contributed by atoms with Crippen molar-refractivity contribution >= 4 is 17.3 Å². The lowest BCUT2D eigenvalue weighted by Gasteiger charge is -2.17. The van der Waals surface area contributed by atoms with E-state index in [0.29, 0.717) is 12.8 Å². The number of rotatable bonds is 7. The van der Waals surface area contributed by atoms with Crippen LogP contribution in [0.15, 0.2) is 12.1 Å². The van der Waals surface area contributed by atoms with Crippen LogP contribution in [0.3, 0.4) is 0 Å². The predicted octanol–water partition coefficient (Wildman–Crippen LogP) is 5.48. The van der Waals surface area contributed by atoms with E-state index >= 15 is 0 Å². The van der Waals surface area contributed by atoms with E-state index in [0.717, 1.165) is 47.9 Å². The molecule has 0 N–H and O–H groups in total. The number of Topliss-reactive ketones (excluding diaryl/α,β-unsaturated/α-hetero) is 3. The third kappa shape index (κ3) is 5.66. The van der Waals surface area contributed by atoms with E-state index in [-0.39, 0.29) is 28.7 Å². The number of carbonyl (C=O) groups is 3. The van der Waals surface area contributed by atoms with Crippen LogP contribution in [0.5, 0.6) is 0 Å². The van der Waals surface area contributed by atoms with Crippen molar-refractivity contribution in [2.24, 2.45) is 11.3 Å². The molecule has 0 heterocycles. The van der Waals surface area contributed by atoms with Crippen LogP contribution in [0.4, 0.5) is 0 Å². The highest BCUT2D eigenvalue weighted by Crippen LogP contribution is 2.38. The number of hydrogen-bond acceptors (Lipinski definition) is 3. The topological polar surface area (TPSA) is 51.2 Å². The first kappa shape index (κ1) is 23.1. The molecule has 0 bridgehead atoms. The Balaban J connectivity index is 1.98. The van der Waals surface area contributed by atoms with E-state index in [2.05, 4.69) is 11.8 Å². The average molecular weight is 395 g/mol. The van der Waals surface area contributed by atoms with Gasteiger partial charge in [-0.15, -0.1) is 5.92 Å². The first-order valence-electron chi connectivity index (χ1n) is 10.7. The maximum Gasteiger partial charge on any atom is 0.151 e. The molecule has 156 valence electrons. The summed E-state index contributed by atoms with van der Waals surface area (Å²) in [6.07, 6.45) is 4.34. The van der Waals surface area contributed by atoms with Gasteiger partial charge in [-0.25, -0.2) is 0 Å². The van der Waals surface area contributed by atoms with Gasteiger partial charge in [0.25, 0.3) is 0 Å². The molecule has 1 aromatic carbocycles. The van der Waals surface area contributed by atoms with Crippen LogP contribution >= 0.6 is 0 Å². The molecule has 2 atom stereocenters. The lowest BCUT2D eigenvalue weighted by atomic mass is 9.85. The molecule has 0 saturated heterocycles. The Kier molecular flexibility index (Phi) is 7.58. The molecule has 2 unspecified atom stereocenters. The first-order valence-corrected chi connectivity index (χ1v) is 10.7. The summed E-state index contributed by atoms with van der Waals surface area (Å²) in [4.78, 5) is 37.7. The van der Waals surface area contributed by atoms with Crippen molar-refractivity contribution in [2.45, 2.75) is 86.0 Å². The van der Waals surface area contributed by atoms with Crippen molar-refractivity contribution in [1.29, 1.82) is 0 Å². The summed E-state index contributed by atoms with van der Waals surface area (Å²) < 4.78 is 0. The lowest BCUT2D eigenvalue weighted by molar-refractivity contribution is -0.127. The molecule has 2 rings (SSSR count). The summed E-state index contributed by atoms with van der Waals surface area (Å²) in [5, 5.41) is 0. The number of benzene rings is 1. The van der Waals surface area contributed by atoms with E-state index in [1.807, 2.05) is 46.8 Å². The van der Waals surface area contributed by atoms with E-state index in [1.165, 1.54) is 0 Å². The van der Waals surface area contributed by atoms with Gasteiger partial charge in [-0.3, -0.25) is 14.4 Å². The molecule has 0 amide bonds. The molecule has 29 heavy (non-hydrogen) atoms. The van der Waals surface area contributed by atoms with Crippen LogP contribution in [-0.4, -0.2) is 17.3 Å². The Hall–Kier alpha value is -2.21. The minimum Gasteiger partial charge on any atom is -0.299 e. The molecule has 1 aliphatic rings. The van der Waals surface area contributed by atoms with Gasteiger partial charge >= 0.3 is 0 Å². The Labute approximate surface area is 175 Å². The van der Waals surface area contributed by atoms with Crippen molar-refractivity contribution in [1.82, 2.24) is 0 Å². The fourth-order valence-corrected chi connectivity index (χ4v) is 4.28. The molecule has 1 saturated carbocycles.